The Bertz CT molecular complexity index is 978. The zero-order valence-electron chi connectivity index (χ0n) is 12.3. The van der Waals surface area contributed by atoms with Gasteiger partial charge < -0.3 is 5.73 Å². The van der Waals surface area contributed by atoms with E-state index < -0.39 is 0 Å². The first kappa shape index (κ1) is 14.5. The lowest BCUT2D eigenvalue weighted by atomic mass is 10.2. The van der Waals surface area contributed by atoms with Crippen LogP contribution in [0.5, 0.6) is 0 Å². The number of aromatic nitrogens is 7. The Labute approximate surface area is 145 Å². The van der Waals surface area contributed by atoms with E-state index in [4.69, 9.17) is 5.73 Å². The molecular weight excluding hydrogens is 372 g/mol. The van der Waals surface area contributed by atoms with Crippen molar-refractivity contribution in [3.8, 4) is 23.0 Å². The highest BCUT2D eigenvalue weighted by molar-refractivity contribution is 9.10. The van der Waals surface area contributed by atoms with Crippen LogP contribution < -0.4 is 5.73 Å². The van der Waals surface area contributed by atoms with Gasteiger partial charge in [0.2, 0.25) is 0 Å². The second kappa shape index (κ2) is 5.85. The van der Waals surface area contributed by atoms with Crippen LogP contribution >= 0.6 is 15.9 Å². The number of rotatable bonds is 3. The third kappa shape index (κ3) is 2.54. The standard InChI is InChI=1S/C15H11BrN8/c16-12-13(17)21-15(22-14(12)23-7-3-6-19-23)24-9-10(8-20-24)11-4-1-2-5-18-11/h1-9H,(H2,17,21,22). The monoisotopic (exact) mass is 382 g/mol. The summed E-state index contributed by atoms with van der Waals surface area (Å²) in [6.45, 7) is 0. The van der Waals surface area contributed by atoms with E-state index in [1.807, 2.05) is 18.2 Å². The topological polar surface area (TPSA) is 100 Å². The van der Waals surface area contributed by atoms with Crippen molar-refractivity contribution in [2.24, 2.45) is 0 Å². The summed E-state index contributed by atoms with van der Waals surface area (Å²) in [7, 11) is 0. The summed E-state index contributed by atoms with van der Waals surface area (Å²) < 4.78 is 3.74. The molecule has 0 fully saturated rings. The van der Waals surface area contributed by atoms with Gasteiger partial charge in [0.1, 0.15) is 10.3 Å². The van der Waals surface area contributed by atoms with Crippen molar-refractivity contribution in [2.45, 2.75) is 0 Å². The fraction of sp³-hybridized carbons (Fsp3) is 0. The Kier molecular flexibility index (Phi) is 3.54. The summed E-state index contributed by atoms with van der Waals surface area (Å²) in [6, 6.07) is 7.50. The lowest BCUT2D eigenvalue weighted by molar-refractivity contribution is 0.773. The molecule has 0 aromatic carbocycles. The molecule has 0 saturated heterocycles. The third-order valence-electron chi connectivity index (χ3n) is 3.32. The fourth-order valence-corrected chi connectivity index (χ4v) is 2.55. The number of nitrogens with zero attached hydrogens (tertiary/aromatic N) is 7. The molecule has 0 bridgehead atoms. The molecular formula is C15H11BrN8. The average Bonchev–Trinajstić information content (AvgIpc) is 3.29. The van der Waals surface area contributed by atoms with Gasteiger partial charge in [-0.15, -0.1) is 0 Å². The Morgan fingerprint density at radius 2 is 1.92 bits per heavy atom. The van der Waals surface area contributed by atoms with Gasteiger partial charge >= 0.3 is 0 Å². The minimum atomic E-state index is 0.306. The number of halogens is 1. The van der Waals surface area contributed by atoms with Gasteiger partial charge in [0, 0.05) is 30.4 Å². The zero-order valence-corrected chi connectivity index (χ0v) is 13.9. The third-order valence-corrected chi connectivity index (χ3v) is 4.08. The molecule has 4 aromatic rings. The number of anilines is 1. The molecule has 4 heterocycles. The van der Waals surface area contributed by atoms with E-state index in [9.17, 15) is 0 Å². The molecule has 0 radical (unpaired) electrons. The van der Waals surface area contributed by atoms with E-state index in [1.54, 1.807) is 46.4 Å². The second-order valence-electron chi connectivity index (χ2n) is 4.89. The Balaban J connectivity index is 1.79. The molecule has 0 unspecified atom stereocenters. The van der Waals surface area contributed by atoms with Crippen molar-refractivity contribution in [1.82, 2.24) is 34.5 Å². The number of nitrogen functional groups attached to an aromatic ring is 1. The van der Waals surface area contributed by atoms with Crippen LogP contribution in [0.2, 0.25) is 0 Å². The number of pyridine rings is 1. The molecule has 0 aliphatic carbocycles. The molecule has 0 amide bonds. The molecule has 2 N–H and O–H groups in total. The molecule has 4 rings (SSSR count). The lowest BCUT2D eigenvalue weighted by Gasteiger charge is -2.08. The van der Waals surface area contributed by atoms with Gasteiger partial charge in [-0.25, -0.2) is 9.36 Å². The van der Waals surface area contributed by atoms with Crippen LogP contribution in [0.25, 0.3) is 23.0 Å². The number of hydrogen-bond donors (Lipinski definition) is 1. The highest BCUT2D eigenvalue weighted by Gasteiger charge is 2.14. The molecule has 0 atom stereocenters. The molecule has 0 saturated carbocycles. The van der Waals surface area contributed by atoms with Crippen molar-refractivity contribution >= 4 is 21.7 Å². The van der Waals surface area contributed by atoms with Crippen molar-refractivity contribution in [3.63, 3.8) is 0 Å². The van der Waals surface area contributed by atoms with Crippen LogP contribution in [-0.2, 0) is 0 Å². The Hall–Kier alpha value is -3.07. The molecule has 9 heteroatoms. The average molecular weight is 383 g/mol. The first-order valence-corrected chi connectivity index (χ1v) is 7.81. The minimum Gasteiger partial charge on any atom is -0.383 e. The quantitative estimate of drug-likeness (QED) is 0.583. The number of nitrogens with two attached hydrogens (primary N) is 1. The molecule has 4 aromatic heterocycles. The highest BCUT2D eigenvalue weighted by atomic mass is 79.9. The Morgan fingerprint density at radius 3 is 2.67 bits per heavy atom. The van der Waals surface area contributed by atoms with Crippen LogP contribution in [0, 0.1) is 0 Å². The van der Waals surface area contributed by atoms with E-state index in [0.717, 1.165) is 11.3 Å². The zero-order chi connectivity index (χ0) is 16.5. The maximum Gasteiger partial charge on any atom is 0.254 e. The van der Waals surface area contributed by atoms with Crippen molar-refractivity contribution in [3.05, 3.63) is 59.7 Å². The van der Waals surface area contributed by atoms with Gasteiger partial charge in [-0.1, -0.05) is 6.07 Å². The van der Waals surface area contributed by atoms with E-state index in [-0.39, 0.29) is 0 Å². The SMILES string of the molecule is Nc1nc(-n2cc(-c3ccccn3)cn2)nc(-n2cccn2)c1Br. The minimum absolute atomic E-state index is 0.306. The molecule has 8 nitrogen and oxygen atoms in total. The summed E-state index contributed by atoms with van der Waals surface area (Å²) in [4.78, 5) is 13.1. The van der Waals surface area contributed by atoms with Gasteiger partial charge in [0.25, 0.3) is 5.95 Å². The summed E-state index contributed by atoms with van der Waals surface area (Å²) in [6.07, 6.45) is 8.68. The van der Waals surface area contributed by atoms with Gasteiger partial charge in [-0.2, -0.15) is 20.2 Å². The van der Waals surface area contributed by atoms with Crippen LogP contribution in [0.15, 0.2) is 59.7 Å². The van der Waals surface area contributed by atoms with E-state index >= 15 is 0 Å². The first-order chi connectivity index (χ1) is 11.7. The van der Waals surface area contributed by atoms with Gasteiger partial charge in [0.05, 0.1) is 11.9 Å². The largest absolute Gasteiger partial charge is 0.383 e. The smallest absolute Gasteiger partial charge is 0.254 e. The van der Waals surface area contributed by atoms with Gasteiger partial charge in [-0.05, 0) is 34.1 Å². The second-order valence-corrected chi connectivity index (χ2v) is 5.68. The van der Waals surface area contributed by atoms with E-state index in [1.165, 1.54) is 0 Å². The van der Waals surface area contributed by atoms with Crippen molar-refractivity contribution in [2.75, 3.05) is 5.73 Å². The van der Waals surface area contributed by atoms with Crippen LogP contribution in [0.4, 0.5) is 5.82 Å². The van der Waals surface area contributed by atoms with Crippen LogP contribution in [0.3, 0.4) is 0 Å². The lowest BCUT2D eigenvalue weighted by Crippen LogP contribution is -2.10. The normalized spacial score (nSPS) is 10.9. The summed E-state index contributed by atoms with van der Waals surface area (Å²) in [5, 5.41) is 8.48. The molecule has 118 valence electrons. The highest BCUT2D eigenvalue weighted by Crippen LogP contribution is 2.25. The summed E-state index contributed by atoms with van der Waals surface area (Å²) in [5.74, 6) is 1.20. The number of hydrogen-bond acceptors (Lipinski definition) is 6. The van der Waals surface area contributed by atoms with Crippen LogP contribution in [0.1, 0.15) is 0 Å². The van der Waals surface area contributed by atoms with Crippen molar-refractivity contribution in [1.29, 1.82) is 0 Å². The maximum atomic E-state index is 5.99. The first-order valence-electron chi connectivity index (χ1n) is 7.02. The van der Waals surface area contributed by atoms with Crippen LogP contribution in [-0.4, -0.2) is 34.5 Å². The summed E-state index contributed by atoms with van der Waals surface area (Å²) in [5.41, 5.74) is 7.67. The molecule has 24 heavy (non-hydrogen) atoms. The fourth-order valence-electron chi connectivity index (χ4n) is 2.19. The molecule has 0 aliphatic heterocycles. The van der Waals surface area contributed by atoms with Crippen molar-refractivity contribution < 1.29 is 0 Å². The van der Waals surface area contributed by atoms with E-state index in [0.29, 0.717) is 22.1 Å². The molecule has 0 aliphatic rings. The Morgan fingerprint density at radius 1 is 1.00 bits per heavy atom. The summed E-state index contributed by atoms with van der Waals surface area (Å²) >= 11 is 3.40. The maximum absolute atomic E-state index is 5.99. The van der Waals surface area contributed by atoms with E-state index in [2.05, 4.69) is 41.1 Å². The van der Waals surface area contributed by atoms with Gasteiger partial charge in [-0.3, -0.25) is 4.98 Å². The predicted molar refractivity (Wildman–Crippen MR) is 91.6 cm³/mol. The van der Waals surface area contributed by atoms with Gasteiger partial charge in [0.15, 0.2) is 5.82 Å². The molecule has 0 spiro atoms. The predicted octanol–water partition coefficient (Wildman–Crippen LogP) is 2.25.